The molecule has 22 heavy (non-hydrogen) atoms. The zero-order valence-corrected chi connectivity index (χ0v) is 12.7. The highest BCUT2D eigenvalue weighted by Crippen LogP contribution is 2.18. The molecule has 2 aromatic carbocycles. The van der Waals surface area contributed by atoms with Gasteiger partial charge in [-0.1, -0.05) is 37.3 Å². The van der Waals surface area contributed by atoms with E-state index < -0.39 is 0 Å². The molecule has 0 unspecified atom stereocenters. The third-order valence-electron chi connectivity index (χ3n) is 3.48. The molecule has 4 heteroatoms. The molecule has 0 saturated heterocycles. The van der Waals surface area contributed by atoms with Gasteiger partial charge in [0.15, 0.2) is 0 Å². The van der Waals surface area contributed by atoms with E-state index in [-0.39, 0.29) is 17.9 Å². The second-order valence-corrected chi connectivity index (χ2v) is 4.91. The maximum Gasteiger partial charge on any atom is 0.337 e. The summed E-state index contributed by atoms with van der Waals surface area (Å²) in [5.74, 6) is -0.475. The van der Waals surface area contributed by atoms with E-state index in [1.807, 2.05) is 37.3 Å². The number of ether oxygens (including phenoxy) is 1. The first kappa shape index (κ1) is 15.8. The summed E-state index contributed by atoms with van der Waals surface area (Å²) in [4.78, 5) is 23.7. The van der Waals surface area contributed by atoms with Crippen molar-refractivity contribution < 1.29 is 14.3 Å². The Hall–Kier alpha value is -2.62. The zero-order valence-electron chi connectivity index (χ0n) is 12.7. The van der Waals surface area contributed by atoms with Crippen LogP contribution in [0.15, 0.2) is 54.6 Å². The minimum atomic E-state index is -0.368. The first-order valence-electron chi connectivity index (χ1n) is 7.20. The molecule has 0 radical (unpaired) electrons. The van der Waals surface area contributed by atoms with E-state index in [0.29, 0.717) is 11.1 Å². The number of amides is 1. The Morgan fingerprint density at radius 1 is 1.00 bits per heavy atom. The van der Waals surface area contributed by atoms with Gasteiger partial charge < -0.3 is 10.1 Å². The molecule has 1 amide bonds. The maximum atomic E-state index is 12.2. The van der Waals surface area contributed by atoms with Crippen molar-refractivity contribution in [3.8, 4) is 0 Å². The summed E-state index contributed by atoms with van der Waals surface area (Å²) in [5.41, 5.74) is 2.09. The number of hydrogen-bond acceptors (Lipinski definition) is 3. The Morgan fingerprint density at radius 2 is 1.64 bits per heavy atom. The van der Waals surface area contributed by atoms with Gasteiger partial charge in [0.2, 0.25) is 0 Å². The van der Waals surface area contributed by atoms with E-state index in [1.54, 1.807) is 24.3 Å². The van der Waals surface area contributed by atoms with Crippen molar-refractivity contribution in [1.29, 1.82) is 0 Å². The molecule has 0 bridgehead atoms. The minimum absolute atomic E-state index is 0.0978. The SMILES string of the molecule is CC[C@H](NC(=O)c1ccccc1)c1ccc(C(=O)OC)cc1. The maximum absolute atomic E-state index is 12.2. The van der Waals surface area contributed by atoms with Gasteiger partial charge in [-0.2, -0.15) is 0 Å². The van der Waals surface area contributed by atoms with E-state index in [4.69, 9.17) is 0 Å². The smallest absolute Gasteiger partial charge is 0.337 e. The van der Waals surface area contributed by atoms with Gasteiger partial charge in [0.25, 0.3) is 5.91 Å². The van der Waals surface area contributed by atoms with E-state index in [1.165, 1.54) is 7.11 Å². The number of carbonyl (C=O) groups excluding carboxylic acids is 2. The van der Waals surface area contributed by atoms with Crippen LogP contribution in [-0.2, 0) is 4.74 Å². The summed E-state index contributed by atoms with van der Waals surface area (Å²) in [5, 5.41) is 3.01. The van der Waals surface area contributed by atoms with Gasteiger partial charge in [0.1, 0.15) is 0 Å². The summed E-state index contributed by atoms with van der Waals surface area (Å²) < 4.78 is 4.68. The normalized spacial score (nSPS) is 11.5. The number of rotatable bonds is 5. The molecule has 0 aliphatic rings. The predicted octanol–water partition coefficient (Wildman–Crippen LogP) is 3.35. The Labute approximate surface area is 130 Å². The van der Waals surface area contributed by atoms with E-state index in [9.17, 15) is 9.59 Å². The number of benzene rings is 2. The summed E-state index contributed by atoms with van der Waals surface area (Å²) in [6.45, 7) is 2.00. The standard InChI is InChI=1S/C18H19NO3/c1-3-16(19-17(20)14-7-5-4-6-8-14)13-9-11-15(12-10-13)18(21)22-2/h4-12,16H,3H2,1-2H3,(H,19,20)/t16-/m0/s1. The number of methoxy groups -OCH3 is 1. The molecular formula is C18H19NO3. The van der Waals surface area contributed by atoms with Crippen LogP contribution in [0.25, 0.3) is 0 Å². The molecule has 0 saturated carbocycles. The minimum Gasteiger partial charge on any atom is -0.465 e. The van der Waals surface area contributed by atoms with Crippen LogP contribution in [0, 0.1) is 0 Å². The average Bonchev–Trinajstić information content (AvgIpc) is 2.59. The van der Waals surface area contributed by atoms with Gasteiger partial charge in [-0.05, 0) is 36.2 Å². The average molecular weight is 297 g/mol. The van der Waals surface area contributed by atoms with Crippen molar-refractivity contribution in [1.82, 2.24) is 5.32 Å². The van der Waals surface area contributed by atoms with Crippen LogP contribution in [0.4, 0.5) is 0 Å². The molecule has 114 valence electrons. The molecular weight excluding hydrogens is 278 g/mol. The van der Waals surface area contributed by atoms with E-state index >= 15 is 0 Å². The van der Waals surface area contributed by atoms with Crippen LogP contribution >= 0.6 is 0 Å². The number of hydrogen-bond donors (Lipinski definition) is 1. The van der Waals surface area contributed by atoms with Gasteiger partial charge in [-0.15, -0.1) is 0 Å². The lowest BCUT2D eigenvalue weighted by atomic mass is 10.0. The third-order valence-corrected chi connectivity index (χ3v) is 3.48. The fourth-order valence-corrected chi connectivity index (χ4v) is 2.22. The molecule has 0 aliphatic carbocycles. The van der Waals surface area contributed by atoms with Crippen LogP contribution < -0.4 is 5.32 Å². The quantitative estimate of drug-likeness (QED) is 0.861. The summed E-state index contributed by atoms with van der Waals surface area (Å²) in [6.07, 6.45) is 0.760. The van der Waals surface area contributed by atoms with Gasteiger partial charge in [0.05, 0.1) is 18.7 Å². The van der Waals surface area contributed by atoms with Gasteiger partial charge in [0, 0.05) is 5.56 Å². The van der Waals surface area contributed by atoms with Crippen molar-refractivity contribution in [2.24, 2.45) is 0 Å². The van der Waals surface area contributed by atoms with Crippen molar-refractivity contribution in [3.63, 3.8) is 0 Å². The molecule has 2 rings (SSSR count). The molecule has 0 fully saturated rings. The molecule has 1 atom stereocenters. The molecule has 0 aromatic heterocycles. The van der Waals surface area contributed by atoms with Crippen LogP contribution in [0.1, 0.15) is 45.7 Å². The van der Waals surface area contributed by atoms with Gasteiger partial charge in [-0.25, -0.2) is 4.79 Å². The molecule has 0 spiro atoms. The topological polar surface area (TPSA) is 55.4 Å². The second-order valence-electron chi connectivity index (χ2n) is 4.91. The highest BCUT2D eigenvalue weighted by atomic mass is 16.5. The Morgan fingerprint density at radius 3 is 2.18 bits per heavy atom. The first-order valence-corrected chi connectivity index (χ1v) is 7.20. The fraction of sp³-hybridized carbons (Fsp3) is 0.222. The van der Waals surface area contributed by atoms with Crippen LogP contribution in [0.2, 0.25) is 0 Å². The van der Waals surface area contributed by atoms with Gasteiger partial charge in [-0.3, -0.25) is 4.79 Å². The monoisotopic (exact) mass is 297 g/mol. The molecule has 2 aromatic rings. The largest absolute Gasteiger partial charge is 0.465 e. The lowest BCUT2D eigenvalue weighted by molar-refractivity contribution is 0.0600. The van der Waals surface area contributed by atoms with Crippen LogP contribution in [-0.4, -0.2) is 19.0 Å². The summed E-state index contributed by atoms with van der Waals surface area (Å²) >= 11 is 0. The third kappa shape index (κ3) is 3.73. The summed E-state index contributed by atoms with van der Waals surface area (Å²) in [7, 11) is 1.35. The lowest BCUT2D eigenvalue weighted by Crippen LogP contribution is -2.28. The molecule has 0 heterocycles. The van der Waals surface area contributed by atoms with Gasteiger partial charge >= 0.3 is 5.97 Å². The fourth-order valence-electron chi connectivity index (χ4n) is 2.22. The van der Waals surface area contributed by atoms with Crippen molar-refractivity contribution in [3.05, 3.63) is 71.3 Å². The summed E-state index contributed by atoms with van der Waals surface area (Å²) in [6, 6.07) is 16.1. The predicted molar refractivity (Wildman–Crippen MR) is 84.7 cm³/mol. The Bertz CT molecular complexity index is 635. The Kier molecular flexibility index (Phi) is 5.31. The Balaban J connectivity index is 2.11. The van der Waals surface area contributed by atoms with E-state index in [2.05, 4.69) is 10.1 Å². The number of nitrogens with one attached hydrogen (secondary N) is 1. The van der Waals surface area contributed by atoms with Crippen LogP contribution in [0.5, 0.6) is 0 Å². The van der Waals surface area contributed by atoms with Crippen molar-refractivity contribution in [2.75, 3.05) is 7.11 Å². The van der Waals surface area contributed by atoms with Crippen molar-refractivity contribution in [2.45, 2.75) is 19.4 Å². The number of esters is 1. The highest BCUT2D eigenvalue weighted by Gasteiger charge is 2.14. The second kappa shape index (κ2) is 7.41. The zero-order chi connectivity index (χ0) is 15.9. The van der Waals surface area contributed by atoms with E-state index in [0.717, 1.165) is 12.0 Å². The van der Waals surface area contributed by atoms with Crippen molar-refractivity contribution >= 4 is 11.9 Å². The molecule has 4 nitrogen and oxygen atoms in total. The lowest BCUT2D eigenvalue weighted by Gasteiger charge is -2.18. The molecule has 0 aliphatic heterocycles. The molecule has 1 N–H and O–H groups in total. The first-order chi connectivity index (χ1) is 10.7. The highest BCUT2D eigenvalue weighted by molar-refractivity contribution is 5.94. The number of carbonyl (C=O) groups is 2. The van der Waals surface area contributed by atoms with Crippen LogP contribution in [0.3, 0.4) is 0 Å².